The van der Waals surface area contributed by atoms with Gasteiger partial charge in [-0.3, -0.25) is 0 Å². The van der Waals surface area contributed by atoms with Crippen molar-refractivity contribution in [2.24, 2.45) is 0 Å². The van der Waals surface area contributed by atoms with E-state index in [1.54, 1.807) is 26.0 Å². The Morgan fingerprint density at radius 3 is 2.12 bits per heavy atom. The number of hydrogen-bond acceptors (Lipinski definition) is 4. The summed E-state index contributed by atoms with van der Waals surface area (Å²) in [7, 11) is 3.38. The first kappa shape index (κ1) is 15.0. The van der Waals surface area contributed by atoms with Gasteiger partial charge in [0.05, 0.1) is 25.6 Å². The number of para-hydroxylation sites is 1. The van der Waals surface area contributed by atoms with Crippen LogP contribution >= 0.6 is 11.8 Å². The average Bonchev–Trinajstić information content (AvgIpc) is 2.65. The van der Waals surface area contributed by atoms with Crippen molar-refractivity contribution in [1.29, 1.82) is 0 Å². The molecule has 0 N–H and O–H groups in total. The SMILES string of the molecule is COc1ccc(N2c3ccccc3Sc3ccc(OC)cc32)cc1. The van der Waals surface area contributed by atoms with Crippen LogP contribution in [0.25, 0.3) is 0 Å². The molecule has 0 unspecified atom stereocenters. The van der Waals surface area contributed by atoms with Crippen molar-refractivity contribution in [1.82, 2.24) is 0 Å². The Hall–Kier alpha value is -2.59. The molecule has 3 nitrogen and oxygen atoms in total. The fraction of sp³-hybridized carbons (Fsp3) is 0.100. The second-order valence-electron chi connectivity index (χ2n) is 5.44. The van der Waals surface area contributed by atoms with Crippen molar-refractivity contribution >= 4 is 28.8 Å². The van der Waals surface area contributed by atoms with E-state index in [0.717, 1.165) is 22.9 Å². The Balaban J connectivity index is 1.90. The minimum absolute atomic E-state index is 0.851. The van der Waals surface area contributed by atoms with Gasteiger partial charge in [-0.15, -0.1) is 0 Å². The van der Waals surface area contributed by atoms with Crippen molar-refractivity contribution in [3.8, 4) is 11.5 Å². The molecule has 0 fully saturated rings. The van der Waals surface area contributed by atoms with Crippen molar-refractivity contribution in [2.75, 3.05) is 19.1 Å². The van der Waals surface area contributed by atoms with Crippen LogP contribution in [0, 0.1) is 0 Å². The van der Waals surface area contributed by atoms with Crippen LogP contribution in [-0.4, -0.2) is 14.2 Å². The summed E-state index contributed by atoms with van der Waals surface area (Å²) in [4.78, 5) is 4.72. The molecule has 3 aromatic rings. The summed E-state index contributed by atoms with van der Waals surface area (Å²) in [6, 6.07) is 22.8. The van der Waals surface area contributed by atoms with E-state index in [0.29, 0.717) is 0 Å². The molecule has 1 heterocycles. The van der Waals surface area contributed by atoms with Crippen LogP contribution in [0.2, 0.25) is 0 Å². The lowest BCUT2D eigenvalue weighted by Gasteiger charge is -2.33. The van der Waals surface area contributed by atoms with E-state index < -0.39 is 0 Å². The predicted molar refractivity (Wildman–Crippen MR) is 98.4 cm³/mol. The highest BCUT2D eigenvalue weighted by Gasteiger charge is 2.25. The molecule has 0 saturated carbocycles. The molecule has 0 radical (unpaired) electrons. The van der Waals surface area contributed by atoms with Gasteiger partial charge in [0.15, 0.2) is 0 Å². The van der Waals surface area contributed by atoms with Crippen molar-refractivity contribution in [2.45, 2.75) is 9.79 Å². The summed E-state index contributed by atoms with van der Waals surface area (Å²) in [6.07, 6.45) is 0. The minimum atomic E-state index is 0.851. The zero-order chi connectivity index (χ0) is 16.5. The van der Waals surface area contributed by atoms with Crippen LogP contribution in [-0.2, 0) is 0 Å². The molecular formula is C20H17NO2S. The molecule has 1 aliphatic heterocycles. The second-order valence-corrected chi connectivity index (χ2v) is 6.52. The van der Waals surface area contributed by atoms with Crippen molar-refractivity contribution in [3.63, 3.8) is 0 Å². The van der Waals surface area contributed by atoms with Gasteiger partial charge in [-0.05, 0) is 48.5 Å². The topological polar surface area (TPSA) is 21.7 Å². The van der Waals surface area contributed by atoms with E-state index in [-0.39, 0.29) is 0 Å². The quantitative estimate of drug-likeness (QED) is 0.483. The van der Waals surface area contributed by atoms with Crippen LogP contribution in [0.5, 0.6) is 11.5 Å². The normalized spacial score (nSPS) is 12.3. The zero-order valence-electron chi connectivity index (χ0n) is 13.5. The van der Waals surface area contributed by atoms with E-state index in [1.165, 1.54) is 15.5 Å². The number of fused-ring (bicyclic) bond motifs is 2. The Morgan fingerprint density at radius 2 is 1.38 bits per heavy atom. The number of ether oxygens (including phenoxy) is 2. The molecule has 0 amide bonds. The second kappa shape index (κ2) is 6.13. The lowest BCUT2D eigenvalue weighted by molar-refractivity contribution is 0.414. The van der Waals surface area contributed by atoms with Crippen molar-refractivity contribution in [3.05, 3.63) is 66.7 Å². The standard InChI is InChI=1S/C20H17NO2S/c1-22-15-9-7-14(8-10-15)21-17-5-3-4-6-19(17)24-20-12-11-16(23-2)13-18(20)21/h3-13H,1-2H3. The molecule has 24 heavy (non-hydrogen) atoms. The third-order valence-corrected chi connectivity index (χ3v) is 5.19. The van der Waals surface area contributed by atoms with Gasteiger partial charge in [0.1, 0.15) is 11.5 Å². The maximum atomic E-state index is 5.43. The van der Waals surface area contributed by atoms with E-state index in [4.69, 9.17) is 9.47 Å². The van der Waals surface area contributed by atoms with Crippen LogP contribution < -0.4 is 14.4 Å². The van der Waals surface area contributed by atoms with Gasteiger partial charge in [-0.25, -0.2) is 0 Å². The Morgan fingerprint density at radius 1 is 0.708 bits per heavy atom. The highest BCUT2D eigenvalue weighted by atomic mass is 32.2. The number of hydrogen-bond donors (Lipinski definition) is 0. The smallest absolute Gasteiger partial charge is 0.121 e. The van der Waals surface area contributed by atoms with Crippen LogP contribution in [0.1, 0.15) is 0 Å². The molecule has 1 aliphatic rings. The molecule has 0 aliphatic carbocycles. The largest absolute Gasteiger partial charge is 0.497 e. The lowest BCUT2D eigenvalue weighted by atomic mass is 10.1. The maximum absolute atomic E-state index is 5.43. The Bertz CT molecular complexity index is 877. The molecule has 0 aromatic heterocycles. The van der Waals surface area contributed by atoms with Gasteiger partial charge < -0.3 is 14.4 Å². The number of methoxy groups -OCH3 is 2. The van der Waals surface area contributed by atoms with E-state index in [2.05, 4.69) is 53.4 Å². The zero-order valence-corrected chi connectivity index (χ0v) is 14.3. The molecule has 0 bridgehead atoms. The van der Waals surface area contributed by atoms with Crippen LogP contribution in [0.4, 0.5) is 17.1 Å². The lowest BCUT2D eigenvalue weighted by Crippen LogP contribution is -2.14. The molecule has 4 rings (SSSR count). The number of anilines is 3. The summed E-state index contributed by atoms with van der Waals surface area (Å²) in [6.45, 7) is 0. The van der Waals surface area contributed by atoms with E-state index in [1.807, 2.05) is 18.2 Å². The third-order valence-electron chi connectivity index (χ3n) is 4.06. The number of benzene rings is 3. The van der Waals surface area contributed by atoms with Gasteiger partial charge in [-0.2, -0.15) is 0 Å². The molecule has 3 aromatic carbocycles. The first-order valence-corrected chi connectivity index (χ1v) is 8.51. The first-order valence-electron chi connectivity index (χ1n) is 7.69. The summed E-state index contributed by atoms with van der Waals surface area (Å²) >= 11 is 1.79. The molecule has 0 atom stereocenters. The van der Waals surface area contributed by atoms with Gasteiger partial charge in [0, 0.05) is 21.5 Å². The third kappa shape index (κ3) is 2.49. The minimum Gasteiger partial charge on any atom is -0.497 e. The monoisotopic (exact) mass is 335 g/mol. The molecular weight excluding hydrogens is 318 g/mol. The maximum Gasteiger partial charge on any atom is 0.121 e. The van der Waals surface area contributed by atoms with Crippen molar-refractivity contribution < 1.29 is 9.47 Å². The van der Waals surface area contributed by atoms with Gasteiger partial charge in [-0.1, -0.05) is 23.9 Å². The van der Waals surface area contributed by atoms with E-state index in [9.17, 15) is 0 Å². The van der Waals surface area contributed by atoms with Gasteiger partial charge in [0.25, 0.3) is 0 Å². The highest BCUT2D eigenvalue weighted by molar-refractivity contribution is 7.99. The predicted octanol–water partition coefficient (Wildman–Crippen LogP) is 5.64. The summed E-state index contributed by atoms with van der Waals surface area (Å²) < 4.78 is 10.7. The fourth-order valence-corrected chi connectivity index (χ4v) is 3.91. The van der Waals surface area contributed by atoms with E-state index >= 15 is 0 Å². The fourth-order valence-electron chi connectivity index (χ4n) is 2.87. The molecule has 0 saturated heterocycles. The molecule has 0 spiro atoms. The summed E-state index contributed by atoms with van der Waals surface area (Å²) in [5.74, 6) is 1.71. The van der Waals surface area contributed by atoms with Gasteiger partial charge in [0.2, 0.25) is 0 Å². The summed E-state index contributed by atoms with van der Waals surface area (Å²) in [5, 5.41) is 0. The molecule has 120 valence electrons. The van der Waals surface area contributed by atoms with Crippen LogP contribution in [0.3, 0.4) is 0 Å². The summed E-state index contributed by atoms with van der Waals surface area (Å²) in [5.41, 5.74) is 3.40. The highest BCUT2D eigenvalue weighted by Crippen LogP contribution is 2.52. The number of nitrogens with zero attached hydrogens (tertiary/aromatic N) is 1. The number of rotatable bonds is 3. The first-order chi connectivity index (χ1) is 11.8. The molecule has 4 heteroatoms. The Labute approximate surface area is 145 Å². The van der Waals surface area contributed by atoms with Crippen LogP contribution in [0.15, 0.2) is 76.5 Å². The average molecular weight is 335 g/mol. The van der Waals surface area contributed by atoms with Gasteiger partial charge >= 0.3 is 0 Å². The Kier molecular flexibility index (Phi) is 3.82.